The Kier molecular flexibility index (Phi) is 3.43. The van der Waals surface area contributed by atoms with Crippen LogP contribution in [-0.4, -0.2) is 24.2 Å². The van der Waals surface area contributed by atoms with Gasteiger partial charge in [0.25, 0.3) is 0 Å². The van der Waals surface area contributed by atoms with E-state index in [0.29, 0.717) is 19.3 Å². The van der Waals surface area contributed by atoms with Gasteiger partial charge in [0.15, 0.2) is 0 Å². The first-order valence-corrected chi connectivity index (χ1v) is 5.81. The maximum atomic E-state index is 12.8. The van der Waals surface area contributed by atoms with Gasteiger partial charge in [0.1, 0.15) is 5.82 Å². The van der Waals surface area contributed by atoms with Crippen LogP contribution in [0, 0.1) is 11.2 Å². The van der Waals surface area contributed by atoms with Gasteiger partial charge >= 0.3 is 5.97 Å². The predicted octanol–water partition coefficient (Wildman–Crippen LogP) is 1.82. The summed E-state index contributed by atoms with van der Waals surface area (Å²) in [5.41, 5.74) is 0.194. The highest BCUT2D eigenvalue weighted by molar-refractivity contribution is 5.75. The van der Waals surface area contributed by atoms with Crippen molar-refractivity contribution in [3.63, 3.8) is 0 Å². The molecule has 1 fully saturated rings. The molecule has 2 N–H and O–H groups in total. The molecule has 4 heteroatoms. The third kappa shape index (κ3) is 2.64. The Morgan fingerprint density at radius 1 is 1.29 bits per heavy atom. The van der Waals surface area contributed by atoms with Gasteiger partial charge in [-0.05, 0) is 50.0 Å². The van der Waals surface area contributed by atoms with Crippen LogP contribution in [0.25, 0.3) is 0 Å². The zero-order chi connectivity index (χ0) is 12.3. The van der Waals surface area contributed by atoms with Gasteiger partial charge in [0.05, 0.1) is 5.41 Å². The molecule has 0 unspecified atom stereocenters. The lowest BCUT2D eigenvalue weighted by atomic mass is 9.74. The topological polar surface area (TPSA) is 49.3 Å². The Morgan fingerprint density at radius 3 is 2.41 bits per heavy atom. The van der Waals surface area contributed by atoms with E-state index in [1.165, 1.54) is 12.1 Å². The number of carbonyl (C=O) groups is 1. The van der Waals surface area contributed by atoms with E-state index in [-0.39, 0.29) is 5.82 Å². The van der Waals surface area contributed by atoms with E-state index < -0.39 is 11.4 Å². The number of piperidine rings is 1. The summed E-state index contributed by atoms with van der Waals surface area (Å²) < 4.78 is 12.8. The van der Waals surface area contributed by atoms with Crippen LogP contribution in [0.3, 0.4) is 0 Å². The van der Waals surface area contributed by atoms with E-state index in [2.05, 4.69) is 5.32 Å². The number of hydrogen-bond acceptors (Lipinski definition) is 2. The number of halogens is 1. The number of hydrogen-bond donors (Lipinski definition) is 2. The molecule has 0 aromatic heterocycles. The summed E-state index contributed by atoms with van der Waals surface area (Å²) in [4.78, 5) is 11.4. The molecule has 92 valence electrons. The van der Waals surface area contributed by atoms with Crippen molar-refractivity contribution >= 4 is 5.97 Å². The zero-order valence-electron chi connectivity index (χ0n) is 9.58. The molecule has 1 aliphatic heterocycles. The Balaban J connectivity index is 2.17. The zero-order valence-corrected chi connectivity index (χ0v) is 9.58. The van der Waals surface area contributed by atoms with Gasteiger partial charge in [-0.3, -0.25) is 4.79 Å². The molecule has 1 heterocycles. The maximum absolute atomic E-state index is 12.8. The molecule has 1 aromatic carbocycles. The largest absolute Gasteiger partial charge is 0.481 e. The molecular weight excluding hydrogens is 221 g/mol. The minimum Gasteiger partial charge on any atom is -0.481 e. The van der Waals surface area contributed by atoms with Gasteiger partial charge in [-0.1, -0.05) is 12.1 Å². The van der Waals surface area contributed by atoms with E-state index in [1.807, 2.05) is 0 Å². The van der Waals surface area contributed by atoms with Gasteiger partial charge in [-0.25, -0.2) is 4.39 Å². The lowest BCUT2D eigenvalue weighted by Gasteiger charge is -2.33. The number of nitrogens with one attached hydrogen (secondary N) is 1. The summed E-state index contributed by atoms with van der Waals surface area (Å²) in [7, 11) is 0. The van der Waals surface area contributed by atoms with E-state index in [9.17, 15) is 14.3 Å². The molecule has 1 aromatic rings. The highest BCUT2D eigenvalue weighted by Gasteiger charge is 2.39. The Morgan fingerprint density at radius 2 is 1.88 bits per heavy atom. The summed E-state index contributed by atoms with van der Waals surface area (Å²) in [6.07, 6.45) is 1.73. The molecule has 0 aliphatic carbocycles. The van der Waals surface area contributed by atoms with Gasteiger partial charge in [0, 0.05) is 0 Å². The highest BCUT2D eigenvalue weighted by atomic mass is 19.1. The minimum absolute atomic E-state index is 0.288. The molecule has 0 amide bonds. The number of carboxylic acids is 1. The molecule has 0 spiro atoms. The van der Waals surface area contributed by atoms with Crippen molar-refractivity contribution < 1.29 is 14.3 Å². The van der Waals surface area contributed by atoms with Crippen molar-refractivity contribution in [2.75, 3.05) is 13.1 Å². The van der Waals surface area contributed by atoms with Crippen molar-refractivity contribution in [3.05, 3.63) is 35.6 Å². The minimum atomic E-state index is -0.747. The van der Waals surface area contributed by atoms with Crippen LogP contribution in [0.2, 0.25) is 0 Å². The van der Waals surface area contributed by atoms with E-state index in [0.717, 1.165) is 18.7 Å². The van der Waals surface area contributed by atoms with Crippen LogP contribution < -0.4 is 5.32 Å². The monoisotopic (exact) mass is 237 g/mol. The van der Waals surface area contributed by atoms with Crippen LogP contribution in [0.1, 0.15) is 18.4 Å². The van der Waals surface area contributed by atoms with Crippen molar-refractivity contribution in [2.24, 2.45) is 5.41 Å². The average molecular weight is 237 g/mol. The molecule has 0 atom stereocenters. The number of aliphatic carboxylic acids is 1. The van der Waals surface area contributed by atoms with Crippen molar-refractivity contribution in [2.45, 2.75) is 19.3 Å². The summed E-state index contributed by atoms with van der Waals surface area (Å²) in [6.45, 7) is 1.46. The molecule has 0 bridgehead atoms. The first-order chi connectivity index (χ1) is 8.12. The van der Waals surface area contributed by atoms with Crippen molar-refractivity contribution in [1.29, 1.82) is 0 Å². The fourth-order valence-electron chi connectivity index (χ4n) is 2.36. The van der Waals surface area contributed by atoms with Crippen LogP contribution in [0.4, 0.5) is 4.39 Å². The number of benzene rings is 1. The first-order valence-electron chi connectivity index (χ1n) is 5.81. The quantitative estimate of drug-likeness (QED) is 0.843. The van der Waals surface area contributed by atoms with Crippen LogP contribution in [-0.2, 0) is 11.2 Å². The first kappa shape index (κ1) is 12.0. The summed E-state index contributed by atoms with van der Waals surface area (Å²) in [6, 6.07) is 6.10. The molecule has 0 saturated carbocycles. The molecule has 1 aliphatic rings. The molecule has 17 heavy (non-hydrogen) atoms. The number of rotatable bonds is 3. The maximum Gasteiger partial charge on any atom is 0.310 e. The lowest BCUT2D eigenvalue weighted by molar-refractivity contribution is -0.150. The molecule has 3 nitrogen and oxygen atoms in total. The van der Waals surface area contributed by atoms with Crippen LogP contribution in [0.15, 0.2) is 24.3 Å². The van der Waals surface area contributed by atoms with Crippen molar-refractivity contribution in [3.8, 4) is 0 Å². The Bertz CT molecular complexity index is 396. The Labute approximate surface area is 99.7 Å². The van der Waals surface area contributed by atoms with Crippen molar-refractivity contribution in [1.82, 2.24) is 5.32 Å². The predicted molar refractivity (Wildman–Crippen MR) is 62.3 cm³/mol. The fourth-order valence-corrected chi connectivity index (χ4v) is 2.36. The highest BCUT2D eigenvalue weighted by Crippen LogP contribution is 2.33. The second-order valence-corrected chi connectivity index (χ2v) is 4.64. The Hall–Kier alpha value is -1.42. The van der Waals surface area contributed by atoms with E-state index in [1.54, 1.807) is 12.1 Å². The molecule has 0 radical (unpaired) electrons. The molecule has 2 rings (SSSR count). The van der Waals surface area contributed by atoms with E-state index >= 15 is 0 Å². The van der Waals surface area contributed by atoms with Crippen LogP contribution in [0.5, 0.6) is 0 Å². The summed E-state index contributed by atoms with van der Waals surface area (Å²) >= 11 is 0. The van der Waals surface area contributed by atoms with Crippen LogP contribution >= 0.6 is 0 Å². The third-order valence-corrected chi connectivity index (χ3v) is 3.47. The van der Waals surface area contributed by atoms with Gasteiger partial charge in [-0.15, -0.1) is 0 Å². The van der Waals surface area contributed by atoms with Gasteiger partial charge in [0.2, 0.25) is 0 Å². The standard InChI is InChI=1S/C13H16FNO2/c14-11-3-1-10(2-4-11)9-13(12(16)17)5-7-15-8-6-13/h1-4,15H,5-9H2,(H,16,17). The molecule has 1 saturated heterocycles. The SMILES string of the molecule is O=C(O)C1(Cc2ccc(F)cc2)CCNCC1. The third-order valence-electron chi connectivity index (χ3n) is 3.47. The number of carboxylic acid groups (broad SMARTS) is 1. The summed E-state index contributed by atoms with van der Waals surface area (Å²) in [5, 5.41) is 12.6. The second-order valence-electron chi connectivity index (χ2n) is 4.64. The lowest BCUT2D eigenvalue weighted by Crippen LogP contribution is -2.43. The van der Waals surface area contributed by atoms with Gasteiger partial charge < -0.3 is 10.4 Å². The normalized spacial score (nSPS) is 18.9. The second kappa shape index (κ2) is 4.84. The van der Waals surface area contributed by atoms with Gasteiger partial charge in [-0.2, -0.15) is 0 Å². The van der Waals surface area contributed by atoms with E-state index in [4.69, 9.17) is 0 Å². The average Bonchev–Trinajstić information content (AvgIpc) is 2.33. The molecular formula is C13H16FNO2. The smallest absolute Gasteiger partial charge is 0.310 e. The summed E-state index contributed by atoms with van der Waals surface area (Å²) in [5.74, 6) is -1.04. The fraction of sp³-hybridized carbons (Fsp3) is 0.462.